The van der Waals surface area contributed by atoms with Crippen LogP contribution in [0.3, 0.4) is 0 Å². The van der Waals surface area contributed by atoms with Crippen molar-refractivity contribution in [2.45, 2.75) is 18.6 Å². The number of hydrogen-bond acceptors (Lipinski definition) is 4. The van der Waals surface area contributed by atoms with E-state index in [2.05, 4.69) is 11.0 Å². The first-order chi connectivity index (χ1) is 6.38. The Labute approximate surface area is 78.0 Å². The molecule has 0 spiro atoms. The summed E-state index contributed by atoms with van der Waals surface area (Å²) in [5.41, 5.74) is 0. The van der Waals surface area contributed by atoms with E-state index in [1.54, 1.807) is 0 Å². The summed E-state index contributed by atoms with van der Waals surface area (Å²) >= 11 is 0. The quantitative estimate of drug-likeness (QED) is 0.603. The lowest BCUT2D eigenvalue weighted by Crippen LogP contribution is -2.54. The van der Waals surface area contributed by atoms with Gasteiger partial charge < -0.3 is 9.47 Å². The minimum atomic E-state index is 0.228. The Morgan fingerprint density at radius 3 is 2.62 bits per heavy atom. The number of nitrogens with zero attached hydrogens (tertiary/aromatic N) is 2. The molecule has 13 heavy (non-hydrogen) atoms. The third kappa shape index (κ3) is 2.19. The van der Waals surface area contributed by atoms with Crippen molar-refractivity contribution >= 4 is 0 Å². The molecule has 4 nitrogen and oxygen atoms in total. The van der Waals surface area contributed by atoms with Crippen LogP contribution in [0.2, 0.25) is 0 Å². The molecule has 2 rings (SSSR count). The molecular formula is C9H14N2O2. The van der Waals surface area contributed by atoms with Crippen molar-refractivity contribution in [1.29, 1.82) is 5.26 Å². The standard InChI is InChI=1S/C9H14N2O2/c10-2-1-3-11-4-8-6-12-7-9(5-11)13-8/h8-9H,1,3-7H2. The van der Waals surface area contributed by atoms with E-state index in [9.17, 15) is 0 Å². The van der Waals surface area contributed by atoms with E-state index in [0.717, 1.165) is 19.6 Å². The third-order valence-corrected chi connectivity index (χ3v) is 2.46. The first-order valence-corrected chi connectivity index (χ1v) is 4.71. The highest BCUT2D eigenvalue weighted by Gasteiger charge is 2.31. The summed E-state index contributed by atoms with van der Waals surface area (Å²) in [5, 5.41) is 8.47. The topological polar surface area (TPSA) is 45.5 Å². The maximum atomic E-state index is 8.47. The van der Waals surface area contributed by atoms with Gasteiger partial charge in [-0.05, 0) is 0 Å². The summed E-state index contributed by atoms with van der Waals surface area (Å²) in [6.07, 6.45) is 1.07. The summed E-state index contributed by atoms with van der Waals surface area (Å²) in [5.74, 6) is 0. The second-order valence-electron chi connectivity index (χ2n) is 3.59. The smallest absolute Gasteiger partial charge is 0.0940 e. The fourth-order valence-electron chi connectivity index (χ4n) is 1.91. The zero-order valence-corrected chi connectivity index (χ0v) is 7.61. The predicted molar refractivity (Wildman–Crippen MR) is 46.2 cm³/mol. The molecule has 0 radical (unpaired) electrons. The van der Waals surface area contributed by atoms with E-state index in [4.69, 9.17) is 14.7 Å². The molecule has 2 unspecified atom stereocenters. The average molecular weight is 182 g/mol. The van der Waals surface area contributed by atoms with Gasteiger partial charge in [0.1, 0.15) is 0 Å². The van der Waals surface area contributed by atoms with Crippen LogP contribution in [0, 0.1) is 11.3 Å². The molecule has 0 aromatic carbocycles. The number of nitriles is 1. The molecule has 0 N–H and O–H groups in total. The summed E-state index contributed by atoms with van der Waals surface area (Å²) in [6, 6.07) is 2.17. The van der Waals surface area contributed by atoms with Crippen LogP contribution in [0.25, 0.3) is 0 Å². The number of morpholine rings is 1. The van der Waals surface area contributed by atoms with Gasteiger partial charge in [0, 0.05) is 26.1 Å². The van der Waals surface area contributed by atoms with Crippen molar-refractivity contribution in [3.63, 3.8) is 0 Å². The van der Waals surface area contributed by atoms with E-state index in [1.807, 2.05) is 0 Å². The largest absolute Gasteiger partial charge is 0.376 e. The third-order valence-electron chi connectivity index (χ3n) is 2.46. The van der Waals surface area contributed by atoms with Crippen LogP contribution in [-0.4, -0.2) is 50.0 Å². The minimum Gasteiger partial charge on any atom is -0.376 e. The van der Waals surface area contributed by atoms with Crippen molar-refractivity contribution in [3.8, 4) is 6.07 Å². The van der Waals surface area contributed by atoms with Crippen molar-refractivity contribution in [3.05, 3.63) is 0 Å². The van der Waals surface area contributed by atoms with Gasteiger partial charge in [-0.1, -0.05) is 0 Å². The Kier molecular flexibility index (Phi) is 2.79. The van der Waals surface area contributed by atoms with E-state index in [1.165, 1.54) is 0 Å². The van der Waals surface area contributed by atoms with Gasteiger partial charge in [0.05, 0.1) is 31.5 Å². The maximum absolute atomic E-state index is 8.47. The second kappa shape index (κ2) is 4.05. The zero-order valence-electron chi connectivity index (χ0n) is 7.61. The van der Waals surface area contributed by atoms with Crippen molar-refractivity contribution < 1.29 is 9.47 Å². The lowest BCUT2D eigenvalue weighted by Gasteiger charge is -2.41. The van der Waals surface area contributed by atoms with Gasteiger partial charge in [0.25, 0.3) is 0 Å². The monoisotopic (exact) mass is 182 g/mol. The molecule has 0 aliphatic carbocycles. The van der Waals surface area contributed by atoms with Gasteiger partial charge >= 0.3 is 0 Å². The Hall–Kier alpha value is -0.630. The van der Waals surface area contributed by atoms with E-state index < -0.39 is 0 Å². The van der Waals surface area contributed by atoms with Crippen LogP contribution in [0.5, 0.6) is 0 Å². The van der Waals surface area contributed by atoms with Gasteiger partial charge in [0.15, 0.2) is 0 Å². The van der Waals surface area contributed by atoms with Crippen LogP contribution in [-0.2, 0) is 9.47 Å². The van der Waals surface area contributed by atoms with Crippen LogP contribution in [0.1, 0.15) is 6.42 Å². The molecule has 2 bridgehead atoms. The minimum absolute atomic E-state index is 0.228. The molecule has 2 fully saturated rings. The van der Waals surface area contributed by atoms with Crippen LogP contribution < -0.4 is 0 Å². The highest BCUT2D eigenvalue weighted by atomic mass is 16.6. The Bertz CT molecular complexity index is 202. The maximum Gasteiger partial charge on any atom is 0.0940 e. The number of hydrogen-bond donors (Lipinski definition) is 0. The van der Waals surface area contributed by atoms with Crippen molar-refractivity contribution in [2.24, 2.45) is 0 Å². The zero-order chi connectivity index (χ0) is 9.10. The molecule has 2 saturated heterocycles. The Morgan fingerprint density at radius 1 is 1.31 bits per heavy atom. The van der Waals surface area contributed by atoms with E-state index >= 15 is 0 Å². The SMILES string of the molecule is N#CCCN1CC2COCC(C1)O2. The Balaban J connectivity index is 1.84. The Morgan fingerprint density at radius 2 is 2.00 bits per heavy atom. The highest BCUT2D eigenvalue weighted by molar-refractivity contribution is 4.83. The van der Waals surface area contributed by atoms with Gasteiger partial charge in [-0.3, -0.25) is 4.90 Å². The highest BCUT2D eigenvalue weighted by Crippen LogP contribution is 2.16. The second-order valence-corrected chi connectivity index (χ2v) is 3.59. The van der Waals surface area contributed by atoms with Crippen molar-refractivity contribution in [2.75, 3.05) is 32.8 Å². The molecule has 0 aromatic rings. The predicted octanol–water partition coefficient (Wildman–Crippen LogP) is -0.000320. The average Bonchev–Trinajstić information content (AvgIpc) is 2.14. The lowest BCUT2D eigenvalue weighted by atomic mass is 10.2. The summed E-state index contributed by atoms with van der Waals surface area (Å²) in [4.78, 5) is 2.30. The number of rotatable bonds is 2. The molecule has 2 aliphatic rings. The van der Waals surface area contributed by atoms with Gasteiger partial charge in [-0.25, -0.2) is 0 Å². The summed E-state index contributed by atoms with van der Waals surface area (Å²) in [6.45, 7) is 4.11. The molecule has 72 valence electrons. The van der Waals surface area contributed by atoms with Gasteiger partial charge in [0.2, 0.25) is 0 Å². The molecule has 4 heteroatoms. The molecule has 0 saturated carbocycles. The molecule has 2 atom stereocenters. The van der Waals surface area contributed by atoms with Crippen LogP contribution in [0.15, 0.2) is 0 Å². The van der Waals surface area contributed by atoms with E-state index in [0.29, 0.717) is 19.6 Å². The fourth-order valence-corrected chi connectivity index (χ4v) is 1.91. The normalized spacial score (nSPS) is 34.1. The first kappa shape index (κ1) is 8.95. The fraction of sp³-hybridized carbons (Fsp3) is 0.889. The summed E-state index contributed by atoms with van der Waals surface area (Å²) < 4.78 is 11.1. The number of fused-ring (bicyclic) bond motifs is 2. The molecular weight excluding hydrogens is 168 g/mol. The molecule has 2 heterocycles. The lowest BCUT2D eigenvalue weighted by molar-refractivity contribution is -0.178. The molecule has 2 aliphatic heterocycles. The van der Waals surface area contributed by atoms with Crippen LogP contribution >= 0.6 is 0 Å². The summed E-state index contributed by atoms with van der Waals surface area (Å²) in [7, 11) is 0. The number of ether oxygens (including phenoxy) is 2. The van der Waals surface area contributed by atoms with Gasteiger partial charge in [-0.2, -0.15) is 5.26 Å². The van der Waals surface area contributed by atoms with Crippen molar-refractivity contribution in [1.82, 2.24) is 4.90 Å². The van der Waals surface area contributed by atoms with Crippen LogP contribution in [0.4, 0.5) is 0 Å². The molecule has 0 amide bonds. The molecule has 0 aromatic heterocycles. The first-order valence-electron chi connectivity index (χ1n) is 4.71. The van der Waals surface area contributed by atoms with Gasteiger partial charge in [-0.15, -0.1) is 0 Å². The van der Waals surface area contributed by atoms with E-state index in [-0.39, 0.29) is 12.2 Å².